The quantitative estimate of drug-likeness (QED) is 0.817. The number of hydrogen-bond donors (Lipinski definition) is 2. The Morgan fingerprint density at radius 1 is 1.47 bits per heavy atom. The van der Waals surface area contributed by atoms with Gasteiger partial charge in [-0.1, -0.05) is 25.5 Å². The highest BCUT2D eigenvalue weighted by atomic mass is 16.7. The Labute approximate surface area is 113 Å². The molecule has 0 aromatic heterocycles. The minimum Gasteiger partial charge on any atom is -0.454 e. The number of fused-ring (bicyclic) bond motifs is 1. The molecule has 0 saturated carbocycles. The van der Waals surface area contributed by atoms with Crippen LogP contribution in [0.25, 0.3) is 0 Å². The van der Waals surface area contributed by atoms with Gasteiger partial charge < -0.3 is 20.5 Å². The van der Waals surface area contributed by atoms with Gasteiger partial charge in [0.15, 0.2) is 11.5 Å². The van der Waals surface area contributed by atoms with Gasteiger partial charge in [0.2, 0.25) is 12.7 Å². The average molecular weight is 264 g/mol. The number of hydrogen-bond acceptors (Lipinski definition) is 4. The predicted octanol–water partition coefficient (Wildman–Crippen LogP) is 1.55. The first-order chi connectivity index (χ1) is 9.20. The minimum absolute atomic E-state index is 0.0301. The smallest absolute Gasteiger partial charge is 0.231 e. The fourth-order valence-electron chi connectivity index (χ4n) is 2.11. The van der Waals surface area contributed by atoms with E-state index in [1.807, 2.05) is 18.2 Å². The lowest BCUT2D eigenvalue weighted by atomic mass is 10.1. The minimum atomic E-state index is -0.0638. The summed E-state index contributed by atoms with van der Waals surface area (Å²) in [4.78, 5) is 11.7. The second-order valence-electron chi connectivity index (χ2n) is 4.68. The Bertz CT molecular complexity index is 448. The molecule has 5 heteroatoms. The third kappa shape index (κ3) is 3.61. The van der Waals surface area contributed by atoms with E-state index >= 15 is 0 Å². The van der Waals surface area contributed by atoms with Crippen molar-refractivity contribution in [1.29, 1.82) is 0 Å². The standard InChI is InChI=1S/C14H20N2O3/c1-2-4-11(15)7-13(17)16-8-10-5-3-6-12-14(10)19-9-18-12/h3,5-6,11H,2,4,7-9,15H2,1H3,(H,16,17). The number of para-hydroxylation sites is 1. The molecule has 2 rings (SSSR count). The summed E-state index contributed by atoms with van der Waals surface area (Å²) in [6.07, 6.45) is 2.22. The van der Waals surface area contributed by atoms with Crippen LogP contribution in [0.2, 0.25) is 0 Å². The first-order valence-electron chi connectivity index (χ1n) is 6.60. The monoisotopic (exact) mass is 264 g/mol. The Hall–Kier alpha value is -1.75. The molecule has 1 aromatic rings. The van der Waals surface area contributed by atoms with Gasteiger partial charge in [0.05, 0.1) is 0 Å². The molecule has 1 amide bonds. The van der Waals surface area contributed by atoms with Crippen molar-refractivity contribution in [3.05, 3.63) is 23.8 Å². The van der Waals surface area contributed by atoms with Gasteiger partial charge >= 0.3 is 0 Å². The number of nitrogens with one attached hydrogen (secondary N) is 1. The van der Waals surface area contributed by atoms with E-state index in [-0.39, 0.29) is 18.7 Å². The molecule has 0 aliphatic carbocycles. The van der Waals surface area contributed by atoms with E-state index in [9.17, 15) is 4.79 Å². The molecule has 1 heterocycles. The van der Waals surface area contributed by atoms with Gasteiger partial charge in [-0.25, -0.2) is 0 Å². The maximum atomic E-state index is 11.7. The van der Waals surface area contributed by atoms with E-state index in [1.165, 1.54) is 0 Å². The normalized spacial score (nSPS) is 14.2. The number of carbonyl (C=O) groups excluding carboxylic acids is 1. The van der Waals surface area contributed by atoms with Crippen molar-refractivity contribution in [2.45, 2.75) is 38.8 Å². The Kier molecular flexibility index (Phi) is 4.63. The first-order valence-corrected chi connectivity index (χ1v) is 6.60. The molecular formula is C14H20N2O3. The zero-order chi connectivity index (χ0) is 13.7. The number of amides is 1. The molecule has 1 aliphatic rings. The predicted molar refractivity (Wildman–Crippen MR) is 71.9 cm³/mol. The maximum absolute atomic E-state index is 11.7. The van der Waals surface area contributed by atoms with Gasteiger partial charge in [-0.2, -0.15) is 0 Å². The van der Waals surface area contributed by atoms with Crippen LogP contribution in [0.15, 0.2) is 18.2 Å². The summed E-state index contributed by atoms with van der Waals surface area (Å²) >= 11 is 0. The van der Waals surface area contributed by atoms with Gasteiger partial charge in [0.25, 0.3) is 0 Å². The summed E-state index contributed by atoms with van der Waals surface area (Å²) in [5.41, 5.74) is 6.76. The number of nitrogens with two attached hydrogens (primary N) is 1. The van der Waals surface area contributed by atoms with Gasteiger partial charge in [-0.05, 0) is 12.5 Å². The van der Waals surface area contributed by atoms with Crippen LogP contribution in [0.5, 0.6) is 11.5 Å². The highest BCUT2D eigenvalue weighted by Crippen LogP contribution is 2.35. The van der Waals surface area contributed by atoms with Crippen LogP contribution in [0, 0.1) is 0 Å². The zero-order valence-corrected chi connectivity index (χ0v) is 11.1. The van der Waals surface area contributed by atoms with Crippen molar-refractivity contribution in [3.63, 3.8) is 0 Å². The summed E-state index contributed by atoms with van der Waals surface area (Å²) < 4.78 is 10.7. The van der Waals surface area contributed by atoms with E-state index in [1.54, 1.807) is 0 Å². The third-order valence-corrected chi connectivity index (χ3v) is 3.06. The number of benzene rings is 1. The van der Waals surface area contributed by atoms with Crippen LogP contribution in [0.3, 0.4) is 0 Å². The highest BCUT2D eigenvalue weighted by Gasteiger charge is 2.17. The second kappa shape index (κ2) is 6.43. The first kappa shape index (κ1) is 13.7. The lowest BCUT2D eigenvalue weighted by molar-refractivity contribution is -0.121. The van der Waals surface area contributed by atoms with Crippen molar-refractivity contribution in [2.75, 3.05) is 6.79 Å². The summed E-state index contributed by atoms with van der Waals surface area (Å²) in [6.45, 7) is 2.73. The van der Waals surface area contributed by atoms with Crippen LogP contribution in [0.1, 0.15) is 31.7 Å². The summed E-state index contributed by atoms with van der Waals surface area (Å²) in [6, 6.07) is 5.59. The van der Waals surface area contributed by atoms with Crippen molar-refractivity contribution in [3.8, 4) is 11.5 Å². The molecule has 0 fully saturated rings. The lowest BCUT2D eigenvalue weighted by Crippen LogP contribution is -2.31. The molecule has 0 spiro atoms. The second-order valence-corrected chi connectivity index (χ2v) is 4.68. The summed E-state index contributed by atoms with van der Waals surface area (Å²) in [5.74, 6) is 1.42. The zero-order valence-electron chi connectivity index (χ0n) is 11.1. The third-order valence-electron chi connectivity index (χ3n) is 3.06. The van der Waals surface area contributed by atoms with Crippen molar-refractivity contribution in [1.82, 2.24) is 5.32 Å². The fraction of sp³-hybridized carbons (Fsp3) is 0.500. The number of carbonyl (C=O) groups is 1. The Balaban J connectivity index is 1.86. The Morgan fingerprint density at radius 3 is 3.11 bits per heavy atom. The van der Waals surface area contributed by atoms with Gasteiger partial charge in [0.1, 0.15) is 0 Å². The summed E-state index contributed by atoms with van der Waals surface area (Å²) in [5, 5.41) is 2.86. The molecule has 19 heavy (non-hydrogen) atoms. The molecule has 5 nitrogen and oxygen atoms in total. The van der Waals surface area contributed by atoms with Crippen molar-refractivity contribution in [2.24, 2.45) is 5.73 Å². The number of ether oxygens (including phenoxy) is 2. The lowest BCUT2D eigenvalue weighted by Gasteiger charge is -2.11. The summed E-state index contributed by atoms with van der Waals surface area (Å²) in [7, 11) is 0. The van der Waals surface area contributed by atoms with E-state index in [0.29, 0.717) is 13.0 Å². The topological polar surface area (TPSA) is 73.6 Å². The van der Waals surface area contributed by atoms with Crippen LogP contribution < -0.4 is 20.5 Å². The maximum Gasteiger partial charge on any atom is 0.231 e. The molecule has 3 N–H and O–H groups in total. The van der Waals surface area contributed by atoms with E-state index < -0.39 is 0 Å². The van der Waals surface area contributed by atoms with Crippen LogP contribution in [0.4, 0.5) is 0 Å². The van der Waals surface area contributed by atoms with Gasteiger partial charge in [-0.15, -0.1) is 0 Å². The molecule has 104 valence electrons. The van der Waals surface area contributed by atoms with Crippen LogP contribution in [-0.4, -0.2) is 18.7 Å². The molecule has 0 saturated heterocycles. The fourth-order valence-corrected chi connectivity index (χ4v) is 2.11. The van der Waals surface area contributed by atoms with E-state index in [2.05, 4.69) is 12.2 Å². The Morgan fingerprint density at radius 2 is 2.32 bits per heavy atom. The molecule has 0 radical (unpaired) electrons. The molecule has 1 atom stereocenters. The number of rotatable bonds is 6. The molecule has 0 bridgehead atoms. The molecule has 1 unspecified atom stereocenters. The molecule has 1 aliphatic heterocycles. The van der Waals surface area contributed by atoms with Crippen LogP contribution >= 0.6 is 0 Å². The van der Waals surface area contributed by atoms with E-state index in [4.69, 9.17) is 15.2 Å². The largest absolute Gasteiger partial charge is 0.454 e. The molecule has 1 aromatic carbocycles. The van der Waals surface area contributed by atoms with Gasteiger partial charge in [-0.3, -0.25) is 4.79 Å². The van der Waals surface area contributed by atoms with E-state index in [0.717, 1.165) is 29.9 Å². The SMILES string of the molecule is CCCC(N)CC(=O)NCc1cccc2c1OCO2. The molecular weight excluding hydrogens is 244 g/mol. The van der Waals surface area contributed by atoms with Gasteiger partial charge in [0, 0.05) is 24.6 Å². The highest BCUT2D eigenvalue weighted by molar-refractivity contribution is 5.76. The van der Waals surface area contributed by atoms with Crippen LogP contribution in [-0.2, 0) is 11.3 Å². The van der Waals surface area contributed by atoms with Crippen molar-refractivity contribution < 1.29 is 14.3 Å². The van der Waals surface area contributed by atoms with Crippen molar-refractivity contribution >= 4 is 5.91 Å². The average Bonchev–Trinajstić information content (AvgIpc) is 2.85.